The minimum absolute atomic E-state index is 0.00777. The zero-order valence-electron chi connectivity index (χ0n) is 21.9. The molecule has 0 radical (unpaired) electrons. The molecule has 2 heterocycles. The Balaban J connectivity index is 2.17. The molecule has 0 aliphatic carbocycles. The van der Waals surface area contributed by atoms with Gasteiger partial charge in [0.1, 0.15) is 34.3 Å². The number of carbonyl (C=O) groups is 1. The van der Waals surface area contributed by atoms with E-state index in [2.05, 4.69) is 32.6 Å². The van der Waals surface area contributed by atoms with Gasteiger partial charge in [-0.2, -0.15) is 0 Å². The molecule has 1 atom stereocenters. The molecule has 3 aromatic rings. The Labute approximate surface area is 220 Å². The van der Waals surface area contributed by atoms with Crippen molar-refractivity contribution < 1.29 is 23.4 Å². The van der Waals surface area contributed by atoms with E-state index in [9.17, 15) is 18.7 Å². The Morgan fingerprint density at radius 1 is 1.11 bits per heavy atom. The van der Waals surface area contributed by atoms with Crippen molar-refractivity contribution >= 4 is 11.9 Å². The van der Waals surface area contributed by atoms with Crippen molar-refractivity contribution in [2.45, 2.75) is 58.3 Å². The van der Waals surface area contributed by atoms with Crippen molar-refractivity contribution in [3.05, 3.63) is 77.2 Å². The summed E-state index contributed by atoms with van der Waals surface area (Å²) in [5.74, 6) is 9.93. The third kappa shape index (κ3) is 8.50. The van der Waals surface area contributed by atoms with Gasteiger partial charge in [-0.1, -0.05) is 5.92 Å². The number of rotatable bonds is 6. The van der Waals surface area contributed by atoms with Crippen molar-refractivity contribution in [2.75, 3.05) is 5.43 Å². The SMILES string of the molecule is CC(C)(O)C#Cc1ccc(-c2ccc(NN)nc2)c(C(Cc2cc(F)cc(F)c2)NC(=O)OC(C)(C)C)n1. The molecule has 3 rings (SSSR count). The number of nitrogens with two attached hydrogens (primary N) is 1. The maximum absolute atomic E-state index is 14.0. The van der Waals surface area contributed by atoms with Crippen LogP contribution in [0.3, 0.4) is 0 Å². The molecular formula is C28H31F2N5O3. The van der Waals surface area contributed by atoms with Gasteiger partial charge in [0.2, 0.25) is 0 Å². The summed E-state index contributed by atoms with van der Waals surface area (Å²) in [4.78, 5) is 21.8. The van der Waals surface area contributed by atoms with Crippen molar-refractivity contribution in [1.82, 2.24) is 15.3 Å². The van der Waals surface area contributed by atoms with Crippen LogP contribution in [0.2, 0.25) is 0 Å². The molecule has 38 heavy (non-hydrogen) atoms. The number of halogens is 2. The summed E-state index contributed by atoms with van der Waals surface area (Å²) < 4.78 is 33.5. The van der Waals surface area contributed by atoms with Gasteiger partial charge >= 0.3 is 6.09 Å². The Morgan fingerprint density at radius 2 is 1.79 bits per heavy atom. The molecule has 0 spiro atoms. The van der Waals surface area contributed by atoms with Gasteiger partial charge in [0.05, 0.1) is 11.7 Å². The van der Waals surface area contributed by atoms with Crippen LogP contribution in [0.1, 0.15) is 57.6 Å². The summed E-state index contributed by atoms with van der Waals surface area (Å²) in [6.07, 6.45) is 0.831. The number of amides is 1. The lowest BCUT2D eigenvalue weighted by atomic mass is 9.95. The number of nitrogens with zero attached hydrogens (tertiary/aromatic N) is 2. The van der Waals surface area contributed by atoms with Crippen LogP contribution in [0.15, 0.2) is 48.7 Å². The van der Waals surface area contributed by atoms with E-state index in [1.165, 1.54) is 12.1 Å². The van der Waals surface area contributed by atoms with Gasteiger partial charge < -0.3 is 20.6 Å². The molecule has 200 valence electrons. The summed E-state index contributed by atoms with van der Waals surface area (Å²) in [5.41, 5.74) is 2.63. The first-order valence-electron chi connectivity index (χ1n) is 11.9. The number of anilines is 1. The third-order valence-corrected chi connectivity index (χ3v) is 5.03. The van der Waals surface area contributed by atoms with E-state index >= 15 is 0 Å². The Bertz CT molecular complexity index is 1330. The summed E-state index contributed by atoms with van der Waals surface area (Å²) in [5, 5.41) is 12.8. The molecule has 1 unspecified atom stereocenters. The minimum Gasteiger partial charge on any atom is -0.444 e. The molecule has 8 nitrogen and oxygen atoms in total. The number of hydrogen-bond donors (Lipinski definition) is 4. The number of carbonyl (C=O) groups excluding carboxylic acids is 1. The molecule has 0 saturated heterocycles. The maximum atomic E-state index is 14.0. The average molecular weight is 524 g/mol. The van der Waals surface area contributed by atoms with Gasteiger partial charge in [0, 0.05) is 23.4 Å². The molecule has 1 aromatic carbocycles. The molecule has 0 fully saturated rings. The van der Waals surface area contributed by atoms with E-state index in [0.717, 1.165) is 6.07 Å². The molecule has 0 saturated carbocycles. The van der Waals surface area contributed by atoms with E-state index in [4.69, 9.17) is 10.6 Å². The summed E-state index contributed by atoms with van der Waals surface area (Å²) in [7, 11) is 0. The van der Waals surface area contributed by atoms with Crippen molar-refractivity contribution in [3.63, 3.8) is 0 Å². The number of pyridine rings is 2. The number of aliphatic hydroxyl groups is 1. The highest BCUT2D eigenvalue weighted by Gasteiger charge is 2.25. The zero-order chi connectivity index (χ0) is 28.1. The lowest BCUT2D eigenvalue weighted by molar-refractivity contribution is 0.0502. The van der Waals surface area contributed by atoms with E-state index in [1.54, 1.807) is 65.1 Å². The Morgan fingerprint density at radius 3 is 2.34 bits per heavy atom. The lowest BCUT2D eigenvalue weighted by Gasteiger charge is -2.25. The van der Waals surface area contributed by atoms with Crippen molar-refractivity contribution in [2.24, 2.45) is 5.84 Å². The van der Waals surface area contributed by atoms with E-state index in [1.807, 2.05) is 0 Å². The number of hydrogen-bond acceptors (Lipinski definition) is 7. The molecule has 10 heteroatoms. The highest BCUT2D eigenvalue weighted by atomic mass is 19.1. The van der Waals surface area contributed by atoms with Gasteiger partial charge in [-0.15, -0.1) is 0 Å². The molecule has 2 aromatic heterocycles. The largest absolute Gasteiger partial charge is 0.444 e. The predicted octanol–water partition coefficient (Wildman–Crippen LogP) is 4.64. The zero-order valence-corrected chi connectivity index (χ0v) is 21.9. The Kier molecular flexibility index (Phi) is 8.66. The lowest BCUT2D eigenvalue weighted by Crippen LogP contribution is -2.36. The number of aromatic nitrogens is 2. The number of alkyl carbamates (subject to hydrolysis) is 1. The average Bonchev–Trinajstić information content (AvgIpc) is 2.80. The van der Waals surface area contributed by atoms with Crippen LogP contribution < -0.4 is 16.6 Å². The van der Waals surface area contributed by atoms with Gasteiger partial charge in [0.25, 0.3) is 0 Å². The van der Waals surface area contributed by atoms with Crippen LogP contribution in [0.25, 0.3) is 11.1 Å². The predicted molar refractivity (Wildman–Crippen MR) is 141 cm³/mol. The molecule has 0 aliphatic rings. The van der Waals surface area contributed by atoms with E-state index in [0.29, 0.717) is 33.9 Å². The first kappa shape index (κ1) is 28.5. The fraction of sp³-hybridized carbons (Fsp3) is 0.321. The smallest absolute Gasteiger partial charge is 0.408 e. The van der Waals surface area contributed by atoms with Gasteiger partial charge in [-0.05, 0) is 88.9 Å². The molecule has 0 aliphatic heterocycles. The van der Waals surface area contributed by atoms with Crippen LogP contribution in [-0.2, 0) is 11.2 Å². The number of hydrazine groups is 1. The monoisotopic (exact) mass is 523 g/mol. The first-order chi connectivity index (χ1) is 17.7. The highest BCUT2D eigenvalue weighted by Crippen LogP contribution is 2.30. The van der Waals surface area contributed by atoms with Crippen LogP contribution in [-0.4, -0.2) is 32.4 Å². The molecular weight excluding hydrogens is 492 g/mol. The van der Waals surface area contributed by atoms with Crippen LogP contribution >= 0.6 is 0 Å². The standard InChI is InChI=1S/C28H31F2N5O3/c1-27(2,3)38-26(36)34-23(14-17-12-19(29)15-20(30)13-17)25-22(18-6-9-24(35-31)32-16-18)8-7-21(33-25)10-11-28(4,5)37/h6-9,12-13,15-16,23,37H,14,31H2,1-5H3,(H,32,35)(H,34,36). The maximum Gasteiger partial charge on any atom is 0.408 e. The first-order valence-corrected chi connectivity index (χ1v) is 11.9. The van der Waals surface area contributed by atoms with Gasteiger partial charge in [-0.25, -0.2) is 29.4 Å². The van der Waals surface area contributed by atoms with Crippen molar-refractivity contribution in [1.29, 1.82) is 0 Å². The Hall–Kier alpha value is -4.07. The fourth-order valence-electron chi connectivity index (χ4n) is 3.54. The topological polar surface area (TPSA) is 122 Å². The quantitative estimate of drug-likeness (QED) is 0.211. The van der Waals surface area contributed by atoms with E-state index < -0.39 is 35.0 Å². The second kappa shape index (κ2) is 11.5. The van der Waals surface area contributed by atoms with Crippen LogP contribution in [0, 0.1) is 23.5 Å². The van der Waals surface area contributed by atoms with Crippen LogP contribution in [0.5, 0.6) is 0 Å². The van der Waals surface area contributed by atoms with E-state index in [-0.39, 0.29) is 6.42 Å². The number of nitrogens with one attached hydrogen (secondary N) is 2. The third-order valence-electron chi connectivity index (χ3n) is 5.03. The second-order valence-corrected chi connectivity index (χ2v) is 10.2. The van der Waals surface area contributed by atoms with Gasteiger partial charge in [0.15, 0.2) is 0 Å². The number of ether oxygens (including phenoxy) is 1. The number of benzene rings is 1. The molecule has 5 N–H and O–H groups in total. The highest BCUT2D eigenvalue weighted by molar-refractivity contribution is 5.71. The van der Waals surface area contributed by atoms with Crippen LogP contribution in [0.4, 0.5) is 19.4 Å². The normalized spacial score (nSPS) is 12.2. The van der Waals surface area contributed by atoms with Gasteiger partial charge in [-0.3, -0.25) is 0 Å². The summed E-state index contributed by atoms with van der Waals surface area (Å²) in [6.45, 7) is 8.25. The second-order valence-electron chi connectivity index (χ2n) is 10.2. The van der Waals surface area contributed by atoms with Crippen molar-refractivity contribution in [3.8, 4) is 23.0 Å². The summed E-state index contributed by atoms with van der Waals surface area (Å²) in [6, 6.07) is 9.11. The fourth-order valence-corrected chi connectivity index (χ4v) is 3.54. The molecule has 0 bridgehead atoms. The minimum atomic E-state index is -1.26. The molecule has 1 amide bonds. The number of nitrogen functional groups attached to an aromatic ring is 1. The summed E-state index contributed by atoms with van der Waals surface area (Å²) >= 11 is 0.